The topological polar surface area (TPSA) is 89.9 Å². The van der Waals surface area contributed by atoms with Crippen LogP contribution in [0.25, 0.3) is 0 Å². The number of nitrogens with one attached hydrogen (secondary N) is 1. The Labute approximate surface area is 135 Å². The van der Waals surface area contributed by atoms with Gasteiger partial charge in [0.25, 0.3) is 0 Å². The summed E-state index contributed by atoms with van der Waals surface area (Å²) in [5, 5.41) is 22.0. The van der Waals surface area contributed by atoms with Crippen LogP contribution in [0, 0.1) is 11.3 Å². The predicted octanol–water partition coefficient (Wildman–Crippen LogP) is 2.35. The highest BCUT2D eigenvalue weighted by molar-refractivity contribution is 5.80. The average molecular weight is 318 g/mol. The lowest BCUT2D eigenvalue weighted by atomic mass is 9.81. The molecule has 1 aliphatic carbocycles. The number of hydrogen-bond donors (Lipinski definition) is 3. The van der Waals surface area contributed by atoms with E-state index in [4.69, 9.17) is 0 Å². The van der Waals surface area contributed by atoms with Gasteiger partial charge < -0.3 is 20.4 Å². The van der Waals surface area contributed by atoms with Gasteiger partial charge in [-0.25, -0.2) is 4.79 Å². The largest absolute Gasteiger partial charge is 0.508 e. The molecule has 1 heterocycles. The number of amides is 2. The Morgan fingerprint density at radius 1 is 1.43 bits per heavy atom. The Kier molecular flexibility index (Phi) is 3.92. The van der Waals surface area contributed by atoms with E-state index in [1.165, 1.54) is 0 Å². The first-order valence-electron chi connectivity index (χ1n) is 8.00. The third-order valence-corrected chi connectivity index (χ3v) is 5.29. The van der Waals surface area contributed by atoms with Crippen LogP contribution >= 0.6 is 0 Å². The van der Waals surface area contributed by atoms with Crippen molar-refractivity contribution in [3.63, 3.8) is 0 Å². The van der Waals surface area contributed by atoms with Gasteiger partial charge in [0, 0.05) is 13.1 Å². The van der Waals surface area contributed by atoms with E-state index < -0.39 is 11.4 Å². The predicted molar refractivity (Wildman–Crippen MR) is 84.0 cm³/mol. The van der Waals surface area contributed by atoms with Crippen molar-refractivity contribution in [1.82, 2.24) is 10.2 Å². The summed E-state index contributed by atoms with van der Waals surface area (Å²) in [7, 11) is 0. The number of benzene rings is 1. The minimum atomic E-state index is -0.781. The van der Waals surface area contributed by atoms with E-state index in [0.717, 1.165) is 18.4 Å². The molecule has 0 aromatic heterocycles. The molecule has 6 heteroatoms. The van der Waals surface area contributed by atoms with Crippen molar-refractivity contribution in [3.05, 3.63) is 29.8 Å². The zero-order valence-electron chi connectivity index (χ0n) is 13.2. The molecule has 3 N–H and O–H groups in total. The van der Waals surface area contributed by atoms with Gasteiger partial charge in [0.05, 0.1) is 11.5 Å². The molecule has 0 spiro atoms. The van der Waals surface area contributed by atoms with E-state index in [0.29, 0.717) is 13.0 Å². The van der Waals surface area contributed by atoms with Gasteiger partial charge in [-0.05, 0) is 43.4 Å². The third kappa shape index (κ3) is 2.73. The number of nitrogens with zero attached hydrogens (tertiary/aromatic N) is 1. The molecule has 0 radical (unpaired) electrons. The van der Waals surface area contributed by atoms with E-state index >= 15 is 0 Å². The molecular formula is C17H22N2O4. The third-order valence-electron chi connectivity index (χ3n) is 5.29. The number of phenolic OH excluding ortho intramolecular Hbond substituents is 1. The van der Waals surface area contributed by atoms with E-state index in [2.05, 4.69) is 5.32 Å². The molecule has 1 saturated carbocycles. The zero-order valence-corrected chi connectivity index (χ0v) is 13.2. The number of aromatic hydroxyl groups is 1. The molecule has 3 atom stereocenters. The van der Waals surface area contributed by atoms with E-state index in [9.17, 15) is 19.8 Å². The quantitative estimate of drug-likeness (QED) is 0.798. The van der Waals surface area contributed by atoms with Crippen LogP contribution in [0.3, 0.4) is 0 Å². The monoisotopic (exact) mass is 318 g/mol. The number of fused-ring (bicyclic) bond motifs is 1. The number of phenols is 1. The maximum Gasteiger partial charge on any atom is 0.317 e. The molecule has 0 bridgehead atoms. The second-order valence-electron chi connectivity index (χ2n) is 6.70. The summed E-state index contributed by atoms with van der Waals surface area (Å²) in [5.41, 5.74) is 0.0525. The second-order valence-corrected chi connectivity index (χ2v) is 6.70. The normalized spacial score (nSPS) is 27.5. The molecule has 2 amide bonds. The number of rotatable bonds is 3. The highest BCUT2D eigenvalue weighted by Crippen LogP contribution is 2.48. The Hall–Kier alpha value is -2.24. The van der Waals surface area contributed by atoms with Crippen LogP contribution in [0.5, 0.6) is 5.75 Å². The molecule has 0 unspecified atom stereocenters. The maximum absolute atomic E-state index is 12.5. The SMILES string of the molecule is C[C@H](NC(=O)N1C[C@@H]2CCC[C@@]2(C(=O)O)C1)c1cccc(O)c1. The summed E-state index contributed by atoms with van der Waals surface area (Å²) >= 11 is 0. The molecule has 23 heavy (non-hydrogen) atoms. The first-order valence-corrected chi connectivity index (χ1v) is 8.00. The second kappa shape index (κ2) is 5.76. The molecule has 1 aliphatic heterocycles. The molecule has 6 nitrogen and oxygen atoms in total. The van der Waals surface area contributed by atoms with Gasteiger partial charge in [-0.1, -0.05) is 18.6 Å². The Morgan fingerprint density at radius 2 is 2.22 bits per heavy atom. The van der Waals surface area contributed by atoms with Crippen LogP contribution < -0.4 is 5.32 Å². The number of carboxylic acids is 1. The van der Waals surface area contributed by atoms with Crippen molar-refractivity contribution in [1.29, 1.82) is 0 Å². The van der Waals surface area contributed by atoms with Crippen molar-refractivity contribution in [2.24, 2.45) is 11.3 Å². The number of urea groups is 1. The van der Waals surface area contributed by atoms with E-state index in [1.54, 1.807) is 23.1 Å². The number of hydrogen-bond acceptors (Lipinski definition) is 3. The first kappa shape index (κ1) is 15.6. The standard InChI is InChI=1S/C17H22N2O4/c1-11(12-4-2-6-14(20)8-12)18-16(23)19-9-13-5-3-7-17(13,10-19)15(21)22/h2,4,6,8,11,13,20H,3,5,7,9-10H2,1H3,(H,18,23)(H,21,22)/t11-,13-,17+/m0/s1. The lowest BCUT2D eigenvalue weighted by Gasteiger charge is -2.24. The number of carbonyl (C=O) groups is 2. The van der Waals surface area contributed by atoms with Crippen LogP contribution in [0.1, 0.15) is 37.8 Å². The van der Waals surface area contributed by atoms with Gasteiger partial charge in [0.1, 0.15) is 5.75 Å². The fourth-order valence-corrected chi connectivity index (χ4v) is 3.95. The molecule has 2 aliphatic rings. The summed E-state index contributed by atoms with van der Waals surface area (Å²) < 4.78 is 0. The molecule has 1 saturated heterocycles. The Balaban J connectivity index is 1.67. The van der Waals surface area contributed by atoms with E-state index in [-0.39, 0.29) is 30.3 Å². The molecule has 1 aromatic carbocycles. The van der Waals surface area contributed by atoms with Gasteiger partial charge in [0.2, 0.25) is 0 Å². The maximum atomic E-state index is 12.5. The van der Waals surface area contributed by atoms with Crippen molar-refractivity contribution in [2.45, 2.75) is 32.2 Å². The van der Waals surface area contributed by atoms with Gasteiger partial charge >= 0.3 is 12.0 Å². The fourth-order valence-electron chi connectivity index (χ4n) is 3.95. The van der Waals surface area contributed by atoms with Crippen molar-refractivity contribution >= 4 is 12.0 Å². The minimum absolute atomic E-state index is 0.0572. The first-order chi connectivity index (χ1) is 10.9. The average Bonchev–Trinajstić information content (AvgIpc) is 3.05. The van der Waals surface area contributed by atoms with Gasteiger partial charge in [0.15, 0.2) is 0 Å². The molecule has 1 aromatic rings. The van der Waals surface area contributed by atoms with Crippen molar-refractivity contribution in [3.8, 4) is 5.75 Å². The minimum Gasteiger partial charge on any atom is -0.508 e. The smallest absolute Gasteiger partial charge is 0.317 e. The number of aliphatic carboxylic acids is 1. The summed E-state index contributed by atoms with van der Waals surface area (Å²) in [4.78, 5) is 25.8. The van der Waals surface area contributed by atoms with Crippen LogP contribution in [0.2, 0.25) is 0 Å². The Bertz CT molecular complexity index is 633. The van der Waals surface area contributed by atoms with Gasteiger partial charge in [-0.3, -0.25) is 4.79 Å². The van der Waals surface area contributed by atoms with Gasteiger partial charge in [-0.2, -0.15) is 0 Å². The highest BCUT2D eigenvalue weighted by Gasteiger charge is 2.55. The van der Waals surface area contributed by atoms with Crippen LogP contribution in [0.15, 0.2) is 24.3 Å². The summed E-state index contributed by atoms with van der Waals surface area (Å²) in [6.45, 7) is 2.63. The van der Waals surface area contributed by atoms with E-state index in [1.807, 2.05) is 13.0 Å². The molecular weight excluding hydrogens is 296 g/mol. The molecule has 124 valence electrons. The highest BCUT2D eigenvalue weighted by atomic mass is 16.4. The number of likely N-dealkylation sites (tertiary alicyclic amines) is 1. The summed E-state index contributed by atoms with van der Waals surface area (Å²) in [5.74, 6) is -0.567. The van der Waals surface area contributed by atoms with Crippen LogP contribution in [-0.4, -0.2) is 40.2 Å². The molecule has 2 fully saturated rings. The Morgan fingerprint density at radius 3 is 2.87 bits per heavy atom. The lowest BCUT2D eigenvalue weighted by Crippen LogP contribution is -2.42. The van der Waals surface area contributed by atoms with Crippen LogP contribution in [0.4, 0.5) is 4.79 Å². The van der Waals surface area contributed by atoms with Gasteiger partial charge in [-0.15, -0.1) is 0 Å². The zero-order chi connectivity index (χ0) is 16.6. The fraction of sp³-hybridized carbons (Fsp3) is 0.529. The number of carboxylic acid groups (broad SMARTS) is 1. The lowest BCUT2D eigenvalue weighted by molar-refractivity contribution is -0.149. The van der Waals surface area contributed by atoms with Crippen molar-refractivity contribution < 1.29 is 19.8 Å². The summed E-state index contributed by atoms with van der Waals surface area (Å²) in [6.07, 6.45) is 2.45. The summed E-state index contributed by atoms with van der Waals surface area (Å²) in [6, 6.07) is 6.26. The molecule has 3 rings (SSSR count). The number of carbonyl (C=O) groups excluding carboxylic acids is 1. The van der Waals surface area contributed by atoms with Crippen molar-refractivity contribution in [2.75, 3.05) is 13.1 Å². The van der Waals surface area contributed by atoms with Crippen LogP contribution in [-0.2, 0) is 4.79 Å².